The van der Waals surface area contributed by atoms with E-state index in [1.807, 2.05) is 0 Å². The Balaban J connectivity index is 2.08. The van der Waals surface area contributed by atoms with Crippen molar-refractivity contribution in [3.8, 4) is 0 Å². The summed E-state index contributed by atoms with van der Waals surface area (Å²) < 4.78 is 17.5. The predicted molar refractivity (Wildman–Crippen MR) is 49.1 cm³/mol. The first-order valence-electron chi connectivity index (χ1n) is 4.14. The molecular formula is C10H8FNO2. The van der Waals surface area contributed by atoms with E-state index in [-0.39, 0.29) is 18.2 Å². The Morgan fingerprint density at radius 3 is 2.57 bits per heavy atom. The lowest BCUT2D eigenvalue weighted by Gasteiger charge is -2.05. The van der Waals surface area contributed by atoms with Crippen LogP contribution < -0.4 is 5.32 Å². The highest BCUT2D eigenvalue weighted by atomic mass is 19.1. The smallest absolute Gasteiger partial charge is 0.198 e. The lowest BCUT2D eigenvalue weighted by molar-refractivity contribution is -0.115. The minimum Gasteiger partial charge on any atom is -0.470 e. The number of hydrogen-bond acceptors (Lipinski definition) is 3. The molecule has 0 aliphatic carbocycles. The molecule has 0 aromatic heterocycles. The Labute approximate surface area is 80.2 Å². The number of halogens is 1. The molecule has 1 heterocycles. The summed E-state index contributed by atoms with van der Waals surface area (Å²) in [6.07, 6.45) is 1.38. The van der Waals surface area contributed by atoms with E-state index in [0.717, 1.165) is 0 Å². The summed E-state index contributed by atoms with van der Waals surface area (Å²) in [7, 11) is 0. The second-order valence-electron chi connectivity index (χ2n) is 2.90. The van der Waals surface area contributed by atoms with E-state index < -0.39 is 0 Å². The van der Waals surface area contributed by atoms with E-state index in [2.05, 4.69) is 5.32 Å². The van der Waals surface area contributed by atoms with Crippen LogP contribution in [0.15, 0.2) is 36.2 Å². The number of ketones is 1. The molecule has 1 aliphatic rings. The number of hydrogen-bond donors (Lipinski definition) is 1. The van der Waals surface area contributed by atoms with Gasteiger partial charge in [0, 0.05) is 11.8 Å². The Morgan fingerprint density at radius 1 is 1.29 bits per heavy atom. The molecule has 0 spiro atoms. The molecule has 0 atom stereocenters. The Morgan fingerprint density at radius 2 is 2.00 bits per heavy atom. The number of nitrogens with one attached hydrogen (secondary N) is 1. The molecule has 0 amide bonds. The molecule has 1 aliphatic heterocycles. The second kappa shape index (κ2) is 3.49. The quantitative estimate of drug-likeness (QED) is 0.776. The highest BCUT2D eigenvalue weighted by Gasteiger charge is 2.12. The van der Waals surface area contributed by atoms with Crippen molar-refractivity contribution < 1.29 is 13.9 Å². The predicted octanol–water partition coefficient (Wildman–Crippen LogP) is 1.68. The molecule has 3 nitrogen and oxygen atoms in total. The zero-order valence-electron chi connectivity index (χ0n) is 7.29. The standard InChI is InChI=1S/C10H8FNO2/c11-7-1-3-8(4-2-7)12-10-5-9(13)6-14-10/h1-5,12H,6H2. The van der Waals surface area contributed by atoms with E-state index in [1.54, 1.807) is 12.1 Å². The molecule has 0 saturated carbocycles. The van der Waals surface area contributed by atoms with Gasteiger partial charge in [0.25, 0.3) is 0 Å². The second-order valence-corrected chi connectivity index (χ2v) is 2.90. The van der Waals surface area contributed by atoms with Gasteiger partial charge in [-0.25, -0.2) is 4.39 Å². The van der Waals surface area contributed by atoms with Gasteiger partial charge in [0.05, 0.1) is 0 Å². The molecule has 0 radical (unpaired) electrons. The van der Waals surface area contributed by atoms with Crippen LogP contribution in [0.5, 0.6) is 0 Å². The van der Waals surface area contributed by atoms with Crippen molar-refractivity contribution in [3.05, 3.63) is 42.0 Å². The third kappa shape index (κ3) is 1.90. The van der Waals surface area contributed by atoms with Gasteiger partial charge >= 0.3 is 0 Å². The van der Waals surface area contributed by atoms with Gasteiger partial charge < -0.3 is 10.1 Å². The van der Waals surface area contributed by atoms with Crippen molar-refractivity contribution >= 4 is 11.5 Å². The summed E-state index contributed by atoms with van der Waals surface area (Å²) in [5, 5.41) is 2.85. The molecule has 2 rings (SSSR count). The molecule has 4 heteroatoms. The molecule has 14 heavy (non-hydrogen) atoms. The summed E-state index contributed by atoms with van der Waals surface area (Å²) in [5.74, 6) is 0.0316. The minimum atomic E-state index is -0.298. The molecule has 1 N–H and O–H groups in total. The van der Waals surface area contributed by atoms with E-state index in [9.17, 15) is 9.18 Å². The van der Waals surface area contributed by atoms with Crippen molar-refractivity contribution in [1.29, 1.82) is 0 Å². The average molecular weight is 193 g/mol. The fourth-order valence-electron chi connectivity index (χ4n) is 1.13. The van der Waals surface area contributed by atoms with E-state index in [4.69, 9.17) is 4.74 Å². The lowest BCUT2D eigenvalue weighted by atomic mass is 10.3. The van der Waals surface area contributed by atoms with Crippen LogP contribution in [0.25, 0.3) is 0 Å². The molecule has 1 aromatic carbocycles. The van der Waals surface area contributed by atoms with Crippen molar-refractivity contribution in [2.45, 2.75) is 0 Å². The summed E-state index contributed by atoms with van der Waals surface area (Å²) in [4.78, 5) is 10.8. The third-order valence-corrected chi connectivity index (χ3v) is 1.77. The van der Waals surface area contributed by atoms with Crippen molar-refractivity contribution in [2.75, 3.05) is 11.9 Å². The maximum atomic E-state index is 12.5. The lowest BCUT2D eigenvalue weighted by Crippen LogP contribution is -1.99. The molecule has 72 valence electrons. The van der Waals surface area contributed by atoms with Crippen LogP contribution in [-0.2, 0) is 9.53 Å². The van der Waals surface area contributed by atoms with Crippen molar-refractivity contribution in [1.82, 2.24) is 0 Å². The third-order valence-electron chi connectivity index (χ3n) is 1.77. The number of carbonyl (C=O) groups excluding carboxylic acids is 1. The first kappa shape index (κ1) is 8.74. The maximum absolute atomic E-state index is 12.5. The largest absolute Gasteiger partial charge is 0.470 e. The summed E-state index contributed by atoms with van der Waals surface area (Å²) in [6.45, 7) is 0.0729. The number of anilines is 1. The molecule has 0 fully saturated rings. The van der Waals surface area contributed by atoms with Gasteiger partial charge in [-0.1, -0.05) is 0 Å². The van der Waals surface area contributed by atoms with Crippen LogP contribution in [-0.4, -0.2) is 12.4 Å². The van der Waals surface area contributed by atoms with Crippen LogP contribution in [0.4, 0.5) is 10.1 Å². The molecule has 1 aromatic rings. The highest BCUT2D eigenvalue weighted by molar-refractivity contribution is 5.93. The molecular weight excluding hydrogens is 185 g/mol. The summed E-state index contributed by atoms with van der Waals surface area (Å²) in [6, 6.07) is 5.81. The Hall–Kier alpha value is -1.84. The Bertz CT molecular complexity index is 384. The zero-order chi connectivity index (χ0) is 9.97. The summed E-state index contributed by atoms with van der Waals surface area (Å²) >= 11 is 0. The molecule has 0 unspecified atom stereocenters. The van der Waals surface area contributed by atoms with Crippen LogP contribution in [0.2, 0.25) is 0 Å². The van der Waals surface area contributed by atoms with Gasteiger partial charge in [-0.3, -0.25) is 4.79 Å². The first-order valence-corrected chi connectivity index (χ1v) is 4.14. The van der Waals surface area contributed by atoms with Crippen LogP contribution in [0.1, 0.15) is 0 Å². The van der Waals surface area contributed by atoms with E-state index >= 15 is 0 Å². The number of carbonyl (C=O) groups is 1. The number of benzene rings is 1. The monoisotopic (exact) mass is 193 g/mol. The van der Waals surface area contributed by atoms with Gasteiger partial charge in [-0.05, 0) is 24.3 Å². The van der Waals surface area contributed by atoms with Gasteiger partial charge in [-0.15, -0.1) is 0 Å². The first-order chi connectivity index (χ1) is 6.74. The van der Waals surface area contributed by atoms with Gasteiger partial charge in [-0.2, -0.15) is 0 Å². The maximum Gasteiger partial charge on any atom is 0.198 e. The SMILES string of the molecule is O=C1C=C(Nc2ccc(F)cc2)OC1. The zero-order valence-corrected chi connectivity index (χ0v) is 7.29. The summed E-state index contributed by atoms with van der Waals surface area (Å²) in [5.41, 5.74) is 0.687. The number of rotatable bonds is 2. The van der Waals surface area contributed by atoms with Crippen molar-refractivity contribution in [2.24, 2.45) is 0 Å². The fourth-order valence-corrected chi connectivity index (χ4v) is 1.13. The normalized spacial score (nSPS) is 14.9. The van der Waals surface area contributed by atoms with E-state index in [0.29, 0.717) is 11.6 Å². The van der Waals surface area contributed by atoms with Gasteiger partial charge in [0.1, 0.15) is 5.82 Å². The van der Waals surface area contributed by atoms with Crippen molar-refractivity contribution in [3.63, 3.8) is 0 Å². The van der Waals surface area contributed by atoms with Gasteiger partial charge in [0.2, 0.25) is 0 Å². The fraction of sp³-hybridized carbons (Fsp3) is 0.100. The van der Waals surface area contributed by atoms with Crippen LogP contribution in [0, 0.1) is 5.82 Å². The minimum absolute atomic E-state index is 0.0729. The average Bonchev–Trinajstić information content (AvgIpc) is 2.56. The van der Waals surface area contributed by atoms with Crippen LogP contribution >= 0.6 is 0 Å². The highest BCUT2D eigenvalue weighted by Crippen LogP contribution is 2.14. The van der Waals surface area contributed by atoms with E-state index in [1.165, 1.54) is 18.2 Å². The molecule has 0 bridgehead atoms. The topological polar surface area (TPSA) is 38.3 Å². The van der Waals surface area contributed by atoms with Gasteiger partial charge in [0.15, 0.2) is 18.3 Å². The Kier molecular flexibility index (Phi) is 2.18. The van der Waals surface area contributed by atoms with Crippen LogP contribution in [0.3, 0.4) is 0 Å². The molecule has 0 saturated heterocycles. The number of ether oxygens (including phenoxy) is 1.